The van der Waals surface area contributed by atoms with E-state index in [9.17, 15) is 17.3 Å². The molecular formula is C11H12BF4KO. The second-order valence-corrected chi connectivity index (χ2v) is 4.37. The summed E-state index contributed by atoms with van der Waals surface area (Å²) in [5.41, 5.74) is -1.19. The van der Waals surface area contributed by atoms with Gasteiger partial charge in [0.15, 0.2) is 0 Å². The van der Waals surface area contributed by atoms with Gasteiger partial charge in [-0.1, -0.05) is 17.9 Å². The second kappa shape index (κ2) is 6.74. The predicted octanol–water partition coefficient (Wildman–Crippen LogP) is 0.0630. The van der Waals surface area contributed by atoms with Crippen LogP contribution in [0, 0.1) is 11.7 Å². The number of benzene rings is 1. The van der Waals surface area contributed by atoms with Crippen molar-refractivity contribution in [2.45, 2.75) is 19.3 Å². The van der Waals surface area contributed by atoms with E-state index in [1.165, 1.54) is 6.07 Å². The summed E-state index contributed by atoms with van der Waals surface area (Å²) in [5.74, 6) is -0.633. The molecule has 0 unspecified atom stereocenters. The van der Waals surface area contributed by atoms with Crippen LogP contribution >= 0.6 is 0 Å². The molecule has 1 nitrogen and oxygen atoms in total. The SMILES string of the molecule is Fc1cc(OCC2CCC2)ccc1[B-](F)(F)F.[K+]. The van der Waals surface area contributed by atoms with Crippen molar-refractivity contribution in [3.8, 4) is 5.75 Å². The Bertz CT molecular complexity index is 407. The van der Waals surface area contributed by atoms with Crippen LogP contribution in [0.25, 0.3) is 0 Å². The Hall–Kier alpha value is 0.441. The van der Waals surface area contributed by atoms with Gasteiger partial charge in [-0.25, -0.2) is 4.39 Å². The van der Waals surface area contributed by atoms with Crippen molar-refractivity contribution in [2.24, 2.45) is 5.92 Å². The Balaban J connectivity index is 0.00000162. The molecule has 18 heavy (non-hydrogen) atoms. The van der Waals surface area contributed by atoms with Crippen molar-refractivity contribution in [2.75, 3.05) is 6.61 Å². The zero-order valence-corrected chi connectivity index (χ0v) is 13.3. The second-order valence-electron chi connectivity index (χ2n) is 4.37. The van der Waals surface area contributed by atoms with E-state index in [-0.39, 0.29) is 57.1 Å². The van der Waals surface area contributed by atoms with E-state index in [0.29, 0.717) is 12.5 Å². The maximum absolute atomic E-state index is 13.2. The molecule has 1 aromatic rings. The van der Waals surface area contributed by atoms with Gasteiger partial charge in [0.1, 0.15) is 5.75 Å². The molecule has 0 heterocycles. The molecule has 94 valence electrons. The van der Waals surface area contributed by atoms with Crippen molar-refractivity contribution in [3.63, 3.8) is 0 Å². The summed E-state index contributed by atoms with van der Waals surface area (Å²) >= 11 is 0. The molecule has 2 rings (SSSR count). The Morgan fingerprint density at radius 3 is 2.33 bits per heavy atom. The summed E-state index contributed by atoms with van der Waals surface area (Å²) in [6.45, 7) is -4.84. The molecule has 7 heteroatoms. The zero-order valence-electron chi connectivity index (χ0n) is 10.1. The molecule has 0 bridgehead atoms. The van der Waals surface area contributed by atoms with Gasteiger partial charge in [-0.2, -0.15) is 0 Å². The van der Waals surface area contributed by atoms with Crippen molar-refractivity contribution < 1.29 is 73.5 Å². The van der Waals surface area contributed by atoms with Gasteiger partial charge >= 0.3 is 58.4 Å². The molecule has 0 spiro atoms. The summed E-state index contributed by atoms with van der Waals surface area (Å²) in [6.07, 6.45) is 3.32. The normalized spacial score (nSPS) is 15.8. The fourth-order valence-electron chi connectivity index (χ4n) is 1.74. The van der Waals surface area contributed by atoms with Crippen LogP contribution in [0.4, 0.5) is 17.3 Å². The average Bonchev–Trinajstić information content (AvgIpc) is 2.13. The third-order valence-electron chi connectivity index (χ3n) is 3.04. The van der Waals surface area contributed by atoms with Crippen molar-refractivity contribution in [3.05, 3.63) is 24.0 Å². The van der Waals surface area contributed by atoms with Gasteiger partial charge in [0, 0.05) is 6.07 Å². The molecule has 1 aliphatic carbocycles. The first-order chi connectivity index (χ1) is 7.97. The van der Waals surface area contributed by atoms with Gasteiger partial charge in [-0.3, -0.25) is 0 Å². The summed E-state index contributed by atoms with van der Waals surface area (Å²) in [6, 6.07) is 2.72. The molecule has 0 saturated heterocycles. The van der Waals surface area contributed by atoms with Gasteiger partial charge in [0.2, 0.25) is 0 Å². The molecule has 1 aromatic carbocycles. The van der Waals surface area contributed by atoms with Crippen LogP contribution in [-0.4, -0.2) is 13.6 Å². The van der Waals surface area contributed by atoms with Crippen molar-refractivity contribution in [1.82, 2.24) is 0 Å². The topological polar surface area (TPSA) is 9.23 Å². The number of hydrogen-bond donors (Lipinski definition) is 0. The fourth-order valence-corrected chi connectivity index (χ4v) is 1.74. The minimum Gasteiger partial charge on any atom is -0.493 e. The first kappa shape index (κ1) is 16.5. The van der Waals surface area contributed by atoms with E-state index in [1.807, 2.05) is 0 Å². The third kappa shape index (κ3) is 4.23. The predicted molar refractivity (Wildman–Crippen MR) is 57.9 cm³/mol. The van der Waals surface area contributed by atoms with E-state index in [2.05, 4.69) is 0 Å². The Morgan fingerprint density at radius 2 is 1.89 bits per heavy atom. The molecular weight excluding hydrogens is 274 g/mol. The van der Waals surface area contributed by atoms with Gasteiger partial charge in [-0.05, 0) is 24.8 Å². The fraction of sp³-hybridized carbons (Fsp3) is 0.455. The van der Waals surface area contributed by atoms with E-state index < -0.39 is 18.3 Å². The Kier molecular flexibility index (Phi) is 6.18. The molecule has 0 atom stereocenters. The summed E-state index contributed by atoms with van der Waals surface area (Å²) < 4.78 is 55.5. The van der Waals surface area contributed by atoms with E-state index in [0.717, 1.165) is 31.4 Å². The van der Waals surface area contributed by atoms with E-state index >= 15 is 0 Å². The number of rotatable bonds is 4. The zero-order chi connectivity index (χ0) is 12.5. The number of hydrogen-bond acceptors (Lipinski definition) is 1. The molecule has 0 radical (unpaired) electrons. The minimum absolute atomic E-state index is 0. The first-order valence-corrected chi connectivity index (χ1v) is 5.59. The van der Waals surface area contributed by atoms with Crippen LogP contribution in [0.2, 0.25) is 0 Å². The summed E-state index contributed by atoms with van der Waals surface area (Å²) in [5, 5.41) is 0. The molecule has 1 fully saturated rings. The van der Waals surface area contributed by atoms with Gasteiger partial charge in [0.05, 0.1) is 12.4 Å². The van der Waals surface area contributed by atoms with Crippen LogP contribution in [0.15, 0.2) is 18.2 Å². The molecule has 0 aliphatic heterocycles. The number of ether oxygens (including phenoxy) is 1. The van der Waals surface area contributed by atoms with Crippen LogP contribution in [0.1, 0.15) is 19.3 Å². The van der Waals surface area contributed by atoms with Gasteiger partial charge < -0.3 is 17.7 Å². The summed E-state index contributed by atoms with van der Waals surface area (Å²) in [7, 11) is 0. The van der Waals surface area contributed by atoms with Gasteiger partial charge in [-0.15, -0.1) is 0 Å². The smallest absolute Gasteiger partial charge is 0.493 e. The molecule has 0 N–H and O–H groups in total. The standard InChI is InChI=1S/C11H12BF4O.K/c13-11-6-9(17-7-8-2-1-3-8)4-5-10(11)12(14,15)16;/h4-6,8H,1-3,7H2;/q-1;+1. The first-order valence-electron chi connectivity index (χ1n) is 5.59. The maximum atomic E-state index is 13.2. The average molecular weight is 286 g/mol. The van der Waals surface area contributed by atoms with E-state index in [4.69, 9.17) is 4.74 Å². The van der Waals surface area contributed by atoms with Gasteiger partial charge in [0.25, 0.3) is 0 Å². The van der Waals surface area contributed by atoms with Crippen molar-refractivity contribution >= 4 is 12.4 Å². The quantitative estimate of drug-likeness (QED) is 0.562. The molecule has 0 amide bonds. The van der Waals surface area contributed by atoms with Crippen LogP contribution in [0.3, 0.4) is 0 Å². The minimum atomic E-state index is -5.29. The Morgan fingerprint density at radius 1 is 1.22 bits per heavy atom. The largest absolute Gasteiger partial charge is 1.00 e. The maximum Gasteiger partial charge on any atom is 1.00 e. The summed E-state index contributed by atoms with van der Waals surface area (Å²) in [4.78, 5) is 0. The molecule has 1 saturated carbocycles. The van der Waals surface area contributed by atoms with Crippen LogP contribution < -0.4 is 61.6 Å². The monoisotopic (exact) mass is 286 g/mol. The molecule has 0 aromatic heterocycles. The van der Waals surface area contributed by atoms with Crippen molar-refractivity contribution in [1.29, 1.82) is 0 Å². The third-order valence-corrected chi connectivity index (χ3v) is 3.04. The van der Waals surface area contributed by atoms with Crippen LogP contribution in [0.5, 0.6) is 5.75 Å². The Labute approximate surface area is 146 Å². The van der Waals surface area contributed by atoms with E-state index in [1.54, 1.807) is 0 Å². The molecule has 1 aliphatic rings. The van der Waals surface area contributed by atoms with Crippen LogP contribution in [-0.2, 0) is 0 Å². The number of halogens is 4.